The maximum absolute atomic E-state index is 12.4. The highest BCUT2D eigenvalue weighted by Crippen LogP contribution is 2.16. The van der Waals surface area contributed by atoms with Gasteiger partial charge >= 0.3 is 0 Å². The second-order valence-corrected chi connectivity index (χ2v) is 6.60. The molecule has 1 aliphatic rings. The number of carbonyl (C=O) groups is 2. The minimum atomic E-state index is -0.282. The van der Waals surface area contributed by atoms with E-state index in [0.29, 0.717) is 26.2 Å². The van der Waals surface area contributed by atoms with Crippen LogP contribution in [0.2, 0.25) is 0 Å². The second kappa shape index (κ2) is 7.51. The van der Waals surface area contributed by atoms with Crippen LogP contribution < -0.4 is 10.2 Å². The van der Waals surface area contributed by atoms with Gasteiger partial charge in [0.15, 0.2) is 11.5 Å². The van der Waals surface area contributed by atoms with Crippen molar-refractivity contribution in [2.75, 3.05) is 36.4 Å². The van der Waals surface area contributed by atoms with Crippen molar-refractivity contribution in [3.05, 3.63) is 47.2 Å². The molecule has 0 saturated carbocycles. The molecule has 7 heteroatoms. The van der Waals surface area contributed by atoms with Crippen LogP contribution >= 0.6 is 0 Å². The van der Waals surface area contributed by atoms with Crippen LogP contribution in [0.5, 0.6) is 0 Å². The van der Waals surface area contributed by atoms with Gasteiger partial charge in [-0.1, -0.05) is 6.07 Å². The molecule has 0 atom stereocenters. The fourth-order valence-electron chi connectivity index (χ4n) is 3.11. The summed E-state index contributed by atoms with van der Waals surface area (Å²) in [7, 11) is 0. The summed E-state index contributed by atoms with van der Waals surface area (Å²) in [5, 5.41) is 11.1. The van der Waals surface area contributed by atoms with Gasteiger partial charge in [-0.15, -0.1) is 10.2 Å². The molecule has 1 saturated heterocycles. The van der Waals surface area contributed by atoms with Crippen molar-refractivity contribution >= 4 is 23.3 Å². The van der Waals surface area contributed by atoms with Crippen molar-refractivity contribution in [1.82, 2.24) is 15.1 Å². The monoisotopic (exact) mass is 353 g/mol. The SMILES string of the molecule is CC(=O)N1CCN(c2ccc(C(=O)Nc3cc(C)cc(C)c3)nn2)CC1. The molecule has 1 fully saturated rings. The summed E-state index contributed by atoms with van der Waals surface area (Å²) in [5.41, 5.74) is 3.20. The number of piperazine rings is 1. The number of nitrogens with one attached hydrogen (secondary N) is 1. The van der Waals surface area contributed by atoms with Gasteiger partial charge in [0, 0.05) is 38.8 Å². The largest absolute Gasteiger partial charge is 0.352 e. The maximum atomic E-state index is 12.4. The lowest BCUT2D eigenvalue weighted by atomic mass is 10.1. The molecule has 2 aromatic rings. The fourth-order valence-corrected chi connectivity index (χ4v) is 3.11. The predicted octanol–water partition coefficient (Wildman–Crippen LogP) is 2.01. The van der Waals surface area contributed by atoms with Crippen LogP contribution in [0.15, 0.2) is 30.3 Å². The zero-order valence-corrected chi connectivity index (χ0v) is 15.3. The van der Waals surface area contributed by atoms with E-state index in [0.717, 1.165) is 22.6 Å². The van der Waals surface area contributed by atoms with E-state index in [-0.39, 0.29) is 17.5 Å². The predicted molar refractivity (Wildman–Crippen MR) is 100 cm³/mol. The first-order chi connectivity index (χ1) is 12.4. The summed E-state index contributed by atoms with van der Waals surface area (Å²) in [4.78, 5) is 27.6. The summed E-state index contributed by atoms with van der Waals surface area (Å²) in [6.07, 6.45) is 0. The van der Waals surface area contributed by atoms with Gasteiger partial charge < -0.3 is 15.1 Å². The third-order valence-corrected chi connectivity index (χ3v) is 4.41. The van der Waals surface area contributed by atoms with Crippen LogP contribution in [-0.4, -0.2) is 53.1 Å². The Balaban J connectivity index is 1.64. The normalized spacial score (nSPS) is 14.3. The Hall–Kier alpha value is -2.96. The topological polar surface area (TPSA) is 78.4 Å². The Morgan fingerprint density at radius 1 is 0.962 bits per heavy atom. The van der Waals surface area contributed by atoms with Gasteiger partial charge in [-0.3, -0.25) is 9.59 Å². The Morgan fingerprint density at radius 3 is 2.15 bits per heavy atom. The number of hydrogen-bond acceptors (Lipinski definition) is 5. The highest BCUT2D eigenvalue weighted by molar-refractivity contribution is 6.02. The number of nitrogens with zero attached hydrogens (tertiary/aromatic N) is 4. The standard InChI is InChI=1S/C19H23N5O2/c1-13-10-14(2)12-16(11-13)20-19(26)17-4-5-18(22-21-17)24-8-6-23(7-9-24)15(3)25/h4-5,10-12H,6-9H2,1-3H3,(H,20,26). The Morgan fingerprint density at radius 2 is 1.62 bits per heavy atom. The molecule has 26 heavy (non-hydrogen) atoms. The first-order valence-electron chi connectivity index (χ1n) is 8.66. The van der Waals surface area contributed by atoms with Crippen LogP contribution in [0.1, 0.15) is 28.5 Å². The highest BCUT2D eigenvalue weighted by Gasteiger charge is 2.20. The molecule has 136 valence electrons. The van der Waals surface area contributed by atoms with Gasteiger partial charge in [0.05, 0.1) is 0 Å². The van der Waals surface area contributed by atoms with Crippen molar-refractivity contribution in [2.45, 2.75) is 20.8 Å². The van der Waals surface area contributed by atoms with Crippen molar-refractivity contribution in [1.29, 1.82) is 0 Å². The Kier molecular flexibility index (Phi) is 5.16. The van der Waals surface area contributed by atoms with E-state index in [1.54, 1.807) is 19.1 Å². The number of hydrogen-bond donors (Lipinski definition) is 1. The molecule has 0 aliphatic carbocycles. The fraction of sp³-hybridized carbons (Fsp3) is 0.368. The molecule has 0 radical (unpaired) electrons. The molecule has 3 rings (SSSR count). The van der Waals surface area contributed by atoms with Crippen LogP contribution in [0, 0.1) is 13.8 Å². The summed E-state index contributed by atoms with van der Waals surface area (Å²) >= 11 is 0. The Bertz CT molecular complexity index is 791. The molecule has 2 amide bonds. The van der Waals surface area contributed by atoms with E-state index in [2.05, 4.69) is 26.5 Å². The van der Waals surface area contributed by atoms with Gasteiger partial charge in [0.25, 0.3) is 5.91 Å². The van der Waals surface area contributed by atoms with E-state index in [9.17, 15) is 9.59 Å². The van der Waals surface area contributed by atoms with Crippen LogP contribution in [-0.2, 0) is 4.79 Å². The van der Waals surface area contributed by atoms with E-state index < -0.39 is 0 Å². The zero-order valence-electron chi connectivity index (χ0n) is 15.3. The maximum Gasteiger partial charge on any atom is 0.276 e. The van der Waals surface area contributed by atoms with Crippen LogP contribution in [0.3, 0.4) is 0 Å². The smallest absolute Gasteiger partial charge is 0.276 e. The van der Waals surface area contributed by atoms with E-state index in [1.807, 2.05) is 30.9 Å². The molecule has 0 spiro atoms. The molecule has 2 heterocycles. The molecular formula is C19H23N5O2. The van der Waals surface area contributed by atoms with E-state index in [4.69, 9.17) is 0 Å². The van der Waals surface area contributed by atoms with Crippen molar-refractivity contribution in [3.8, 4) is 0 Å². The summed E-state index contributed by atoms with van der Waals surface area (Å²) in [6.45, 7) is 8.33. The van der Waals surface area contributed by atoms with Crippen molar-refractivity contribution in [3.63, 3.8) is 0 Å². The summed E-state index contributed by atoms with van der Waals surface area (Å²) in [6, 6.07) is 9.36. The number of rotatable bonds is 3. The summed E-state index contributed by atoms with van der Waals surface area (Å²) in [5.74, 6) is 0.528. The number of benzene rings is 1. The average Bonchev–Trinajstić information content (AvgIpc) is 2.61. The Labute approximate surface area is 153 Å². The van der Waals surface area contributed by atoms with Gasteiger partial charge in [-0.05, 0) is 49.2 Å². The van der Waals surface area contributed by atoms with Crippen LogP contribution in [0.25, 0.3) is 0 Å². The minimum absolute atomic E-state index is 0.0918. The lowest BCUT2D eigenvalue weighted by molar-refractivity contribution is -0.129. The van der Waals surface area contributed by atoms with Gasteiger partial charge in [0.2, 0.25) is 5.91 Å². The first-order valence-corrected chi connectivity index (χ1v) is 8.66. The number of aromatic nitrogens is 2. The quantitative estimate of drug-likeness (QED) is 0.913. The third-order valence-electron chi connectivity index (χ3n) is 4.41. The lowest BCUT2D eigenvalue weighted by Crippen LogP contribution is -2.48. The molecule has 0 unspecified atom stereocenters. The van der Waals surface area contributed by atoms with E-state index >= 15 is 0 Å². The highest BCUT2D eigenvalue weighted by atomic mass is 16.2. The zero-order chi connectivity index (χ0) is 18.7. The third kappa shape index (κ3) is 4.17. The van der Waals surface area contributed by atoms with Gasteiger partial charge in [-0.2, -0.15) is 0 Å². The number of aryl methyl sites for hydroxylation is 2. The molecule has 1 aromatic carbocycles. The average molecular weight is 353 g/mol. The first kappa shape index (κ1) is 17.8. The van der Waals surface area contributed by atoms with Crippen LogP contribution in [0.4, 0.5) is 11.5 Å². The molecule has 1 aromatic heterocycles. The molecule has 1 N–H and O–H groups in total. The molecular weight excluding hydrogens is 330 g/mol. The molecule has 0 bridgehead atoms. The molecule has 7 nitrogen and oxygen atoms in total. The van der Waals surface area contributed by atoms with Crippen molar-refractivity contribution in [2.24, 2.45) is 0 Å². The minimum Gasteiger partial charge on any atom is -0.352 e. The van der Waals surface area contributed by atoms with Gasteiger partial charge in [0.1, 0.15) is 0 Å². The van der Waals surface area contributed by atoms with E-state index in [1.165, 1.54) is 0 Å². The van der Waals surface area contributed by atoms with Gasteiger partial charge in [-0.25, -0.2) is 0 Å². The molecule has 1 aliphatic heterocycles. The number of anilines is 2. The number of amides is 2. The van der Waals surface area contributed by atoms with Crippen molar-refractivity contribution < 1.29 is 9.59 Å². The second-order valence-electron chi connectivity index (χ2n) is 6.60. The summed E-state index contributed by atoms with van der Waals surface area (Å²) < 4.78 is 0. The lowest BCUT2D eigenvalue weighted by Gasteiger charge is -2.34. The number of carbonyl (C=O) groups excluding carboxylic acids is 2.